The molecule has 0 saturated carbocycles. The average molecular weight is 364 g/mol. The first-order valence-electron chi connectivity index (χ1n) is 7.52. The van der Waals surface area contributed by atoms with E-state index in [1.54, 1.807) is 29.5 Å². The van der Waals surface area contributed by atoms with Gasteiger partial charge in [0.2, 0.25) is 15.9 Å². The molecule has 0 spiro atoms. The van der Waals surface area contributed by atoms with E-state index in [1.807, 2.05) is 24.4 Å². The monoisotopic (exact) mass is 364 g/mol. The molecule has 0 fully saturated rings. The Balaban J connectivity index is 2.01. The number of nitrogens with one attached hydrogen (secondary N) is 2. The zero-order valence-corrected chi connectivity index (χ0v) is 15.2. The van der Waals surface area contributed by atoms with E-state index in [0.717, 1.165) is 16.9 Å². The number of carbonyl (C=O) groups is 1. The molecular formula is C17H20N2O3S2. The van der Waals surface area contributed by atoms with Crippen molar-refractivity contribution in [1.82, 2.24) is 10.0 Å². The van der Waals surface area contributed by atoms with Gasteiger partial charge in [0.25, 0.3) is 0 Å². The number of amides is 1. The largest absolute Gasteiger partial charge is 0.345 e. The highest BCUT2D eigenvalue weighted by molar-refractivity contribution is 7.89. The lowest BCUT2D eigenvalue weighted by molar-refractivity contribution is -0.117. The summed E-state index contributed by atoms with van der Waals surface area (Å²) in [4.78, 5) is 13.4. The summed E-state index contributed by atoms with van der Waals surface area (Å²) >= 11 is 1.62. The van der Waals surface area contributed by atoms with Crippen molar-refractivity contribution in [3.8, 4) is 0 Å². The lowest BCUT2D eigenvalue weighted by Gasteiger charge is -2.13. The summed E-state index contributed by atoms with van der Waals surface area (Å²) in [6.07, 6.45) is 3.93. The number of thiophene rings is 1. The number of benzene rings is 1. The molecule has 1 aromatic heterocycles. The zero-order valence-electron chi connectivity index (χ0n) is 13.5. The molecule has 128 valence electrons. The normalized spacial score (nSPS) is 13.1. The van der Waals surface area contributed by atoms with Crippen LogP contribution in [0.25, 0.3) is 6.08 Å². The van der Waals surface area contributed by atoms with Crippen LogP contribution in [-0.4, -0.2) is 21.4 Å². The average Bonchev–Trinajstić information content (AvgIpc) is 3.12. The Morgan fingerprint density at radius 1 is 1.25 bits per heavy atom. The van der Waals surface area contributed by atoms with Crippen LogP contribution < -0.4 is 10.0 Å². The standard InChI is InChI=1S/C17H20N2O3S2/c1-3-15(16-5-4-12-23-16)19-17(20)11-8-13-6-9-14(10-7-13)24(21,22)18-2/h4-12,15,18H,3H2,1-2H3,(H,19,20)/b11-8+. The minimum absolute atomic E-state index is 0.00491. The molecule has 0 saturated heterocycles. The summed E-state index contributed by atoms with van der Waals surface area (Å²) in [5, 5.41) is 4.95. The maximum atomic E-state index is 12.1. The predicted molar refractivity (Wildman–Crippen MR) is 97.2 cm³/mol. The third-order valence-electron chi connectivity index (χ3n) is 3.50. The Labute approximate surface area is 146 Å². The second-order valence-corrected chi connectivity index (χ2v) is 7.96. The summed E-state index contributed by atoms with van der Waals surface area (Å²) in [5.74, 6) is -0.179. The molecule has 1 amide bonds. The predicted octanol–water partition coefficient (Wildman–Crippen LogP) is 2.94. The van der Waals surface area contributed by atoms with Gasteiger partial charge < -0.3 is 5.32 Å². The van der Waals surface area contributed by atoms with Crippen molar-refractivity contribution in [3.05, 3.63) is 58.3 Å². The van der Waals surface area contributed by atoms with Gasteiger partial charge in [-0.25, -0.2) is 13.1 Å². The quantitative estimate of drug-likeness (QED) is 0.742. The third kappa shape index (κ3) is 4.77. The molecule has 1 aromatic carbocycles. The van der Waals surface area contributed by atoms with Crippen molar-refractivity contribution >= 4 is 33.3 Å². The van der Waals surface area contributed by atoms with Crippen LogP contribution in [0.4, 0.5) is 0 Å². The van der Waals surface area contributed by atoms with Crippen LogP contribution in [0.2, 0.25) is 0 Å². The number of hydrogen-bond acceptors (Lipinski definition) is 4. The number of hydrogen-bond donors (Lipinski definition) is 2. The highest BCUT2D eigenvalue weighted by Gasteiger charge is 2.12. The van der Waals surface area contributed by atoms with Crippen molar-refractivity contribution in [2.24, 2.45) is 0 Å². The zero-order chi connectivity index (χ0) is 17.6. The summed E-state index contributed by atoms with van der Waals surface area (Å²) in [6.45, 7) is 2.02. The molecule has 0 radical (unpaired) electrons. The van der Waals surface area contributed by atoms with Crippen molar-refractivity contribution in [2.75, 3.05) is 7.05 Å². The Bertz CT molecular complexity index is 795. The van der Waals surface area contributed by atoms with Gasteiger partial charge in [-0.1, -0.05) is 25.1 Å². The van der Waals surface area contributed by atoms with E-state index in [9.17, 15) is 13.2 Å². The summed E-state index contributed by atoms with van der Waals surface area (Å²) < 4.78 is 25.6. The Morgan fingerprint density at radius 2 is 1.96 bits per heavy atom. The van der Waals surface area contributed by atoms with Gasteiger partial charge in [-0.3, -0.25) is 4.79 Å². The molecule has 2 N–H and O–H groups in total. The van der Waals surface area contributed by atoms with Gasteiger partial charge in [0.1, 0.15) is 0 Å². The first-order valence-corrected chi connectivity index (χ1v) is 9.88. The second-order valence-electron chi connectivity index (χ2n) is 5.09. The molecule has 1 atom stereocenters. The van der Waals surface area contributed by atoms with Gasteiger partial charge in [0.05, 0.1) is 10.9 Å². The maximum absolute atomic E-state index is 12.1. The molecule has 24 heavy (non-hydrogen) atoms. The highest BCUT2D eigenvalue weighted by atomic mass is 32.2. The van der Waals surface area contributed by atoms with Gasteiger partial charge in [0, 0.05) is 11.0 Å². The van der Waals surface area contributed by atoms with E-state index in [0.29, 0.717) is 0 Å². The van der Waals surface area contributed by atoms with Crippen LogP contribution in [0, 0.1) is 0 Å². The van der Waals surface area contributed by atoms with Gasteiger partial charge in [0.15, 0.2) is 0 Å². The summed E-state index contributed by atoms with van der Waals surface area (Å²) in [6, 6.07) is 10.3. The minimum atomic E-state index is -3.44. The molecular weight excluding hydrogens is 344 g/mol. The molecule has 2 aromatic rings. The van der Waals surface area contributed by atoms with Crippen LogP contribution >= 0.6 is 11.3 Å². The van der Waals surface area contributed by atoms with Crippen LogP contribution in [0.15, 0.2) is 52.7 Å². The van der Waals surface area contributed by atoms with E-state index >= 15 is 0 Å². The molecule has 0 aliphatic heterocycles. The molecule has 0 bridgehead atoms. The SMILES string of the molecule is CCC(NC(=O)/C=C/c1ccc(S(=O)(=O)NC)cc1)c1cccs1. The molecule has 1 heterocycles. The van der Waals surface area contributed by atoms with Crippen LogP contribution in [0.3, 0.4) is 0 Å². The maximum Gasteiger partial charge on any atom is 0.244 e. The Morgan fingerprint density at radius 3 is 2.50 bits per heavy atom. The Hall–Kier alpha value is -1.96. The third-order valence-corrected chi connectivity index (χ3v) is 5.91. The number of carbonyl (C=O) groups excluding carboxylic acids is 1. The van der Waals surface area contributed by atoms with Crippen LogP contribution in [0.5, 0.6) is 0 Å². The second kappa shape index (κ2) is 8.23. The Kier molecular flexibility index (Phi) is 6.30. The van der Waals surface area contributed by atoms with E-state index in [2.05, 4.69) is 10.0 Å². The van der Waals surface area contributed by atoms with Crippen molar-refractivity contribution in [2.45, 2.75) is 24.3 Å². The molecule has 7 heteroatoms. The topological polar surface area (TPSA) is 75.3 Å². The summed E-state index contributed by atoms with van der Waals surface area (Å²) in [5.41, 5.74) is 0.754. The van der Waals surface area contributed by atoms with E-state index in [-0.39, 0.29) is 16.8 Å². The molecule has 0 aliphatic carbocycles. The molecule has 2 rings (SSSR count). The smallest absolute Gasteiger partial charge is 0.244 e. The first-order chi connectivity index (χ1) is 11.5. The van der Waals surface area contributed by atoms with Crippen molar-refractivity contribution < 1.29 is 13.2 Å². The highest BCUT2D eigenvalue weighted by Crippen LogP contribution is 2.21. The van der Waals surface area contributed by atoms with Gasteiger partial charge in [-0.05, 0) is 48.7 Å². The number of rotatable bonds is 7. The van der Waals surface area contributed by atoms with Crippen LogP contribution in [0.1, 0.15) is 29.8 Å². The first kappa shape index (κ1) is 18.4. The fraction of sp³-hybridized carbons (Fsp3) is 0.235. The van der Waals surface area contributed by atoms with Gasteiger partial charge in [-0.15, -0.1) is 11.3 Å². The van der Waals surface area contributed by atoms with E-state index < -0.39 is 10.0 Å². The van der Waals surface area contributed by atoms with Crippen molar-refractivity contribution in [3.63, 3.8) is 0 Å². The lowest BCUT2D eigenvalue weighted by atomic mass is 10.2. The molecule has 1 unspecified atom stereocenters. The van der Waals surface area contributed by atoms with E-state index in [1.165, 1.54) is 25.3 Å². The fourth-order valence-corrected chi connectivity index (χ4v) is 3.72. The van der Waals surface area contributed by atoms with E-state index in [4.69, 9.17) is 0 Å². The lowest BCUT2D eigenvalue weighted by Crippen LogP contribution is -2.25. The minimum Gasteiger partial charge on any atom is -0.345 e. The molecule has 5 nitrogen and oxygen atoms in total. The number of sulfonamides is 1. The van der Waals surface area contributed by atoms with Gasteiger partial charge in [-0.2, -0.15) is 0 Å². The fourth-order valence-electron chi connectivity index (χ4n) is 2.13. The van der Waals surface area contributed by atoms with Crippen LogP contribution in [-0.2, 0) is 14.8 Å². The van der Waals surface area contributed by atoms with Crippen molar-refractivity contribution in [1.29, 1.82) is 0 Å². The molecule has 0 aliphatic rings. The van der Waals surface area contributed by atoms with Gasteiger partial charge >= 0.3 is 0 Å². The summed E-state index contributed by atoms with van der Waals surface area (Å²) in [7, 11) is -2.08.